The number of ether oxygens (including phenoxy) is 3. The summed E-state index contributed by atoms with van der Waals surface area (Å²) in [6.45, 7) is 2.35. The van der Waals surface area contributed by atoms with Gasteiger partial charge in [0.25, 0.3) is 0 Å². The number of hydrogen-bond donors (Lipinski definition) is 7. The Morgan fingerprint density at radius 3 is 2.53 bits per heavy atom. The average Bonchev–Trinajstić information content (AvgIpc) is 1.61. The van der Waals surface area contributed by atoms with E-state index in [2.05, 4.69) is 111 Å². The van der Waals surface area contributed by atoms with Gasteiger partial charge in [-0.3, -0.25) is 14.4 Å². The summed E-state index contributed by atoms with van der Waals surface area (Å²) in [7, 11) is 1.50. The SMILES string of the molecule is COc1cc([C@@H]2CC(=O)C[C@H](OC(C)=O)CC[C@@]34C5=CC=C[C@@H]3CC=C[C@@H]4c3c[nH]cc3[C@@H](C#CC5)[C@@H](c3cccc(O)c3)C3=CCNC(=C3)N(CCC(=O)C3CCCC3)c3ccc4c5c(n2cc35)C[C@]2(CC[C@@]3(CC[C@H](CCCO)C3)C2)[C@@H]4O)cc(O)c1Oc1cccc(O)c1. The van der Waals surface area contributed by atoms with Crippen molar-refractivity contribution in [1.29, 1.82) is 0 Å². The number of nitrogens with one attached hydrogen (secondary N) is 2. The number of Topliss-reactive ketones (excluding diaryl/α,β-unsaturated/α-hetero) is 2. The molecule has 0 amide bonds. The molecule has 2 aliphatic heterocycles. The van der Waals surface area contributed by atoms with Gasteiger partial charge in [0.15, 0.2) is 11.5 Å². The first kappa shape index (κ1) is 64.3. The summed E-state index contributed by atoms with van der Waals surface area (Å²) in [5, 5.41) is 63.3. The van der Waals surface area contributed by atoms with Crippen LogP contribution in [0.2, 0.25) is 0 Å². The van der Waals surface area contributed by atoms with Crippen molar-refractivity contribution in [3.63, 3.8) is 0 Å². The number of aliphatic hydroxyl groups is 2. The molecule has 2 aromatic heterocycles. The number of carbonyl (C=O) groups is 3. The molecule has 7 N–H and O–H groups in total. The number of aliphatic hydroxyl groups excluding tert-OH is 2. The molecule has 0 radical (unpaired) electrons. The van der Waals surface area contributed by atoms with Crippen molar-refractivity contribution < 1.29 is 54.1 Å². The molecule has 504 valence electrons. The van der Waals surface area contributed by atoms with Crippen LogP contribution >= 0.6 is 0 Å². The number of ketones is 2. The van der Waals surface area contributed by atoms with Crippen molar-refractivity contribution in [3.8, 4) is 46.3 Å². The summed E-state index contributed by atoms with van der Waals surface area (Å²) in [5.74, 6) is 7.96. The minimum Gasteiger partial charge on any atom is -0.508 e. The number of dihydropyridines is 1. The number of fused-ring (bicyclic) bond motifs is 3. The van der Waals surface area contributed by atoms with E-state index in [1.165, 1.54) is 31.7 Å². The van der Waals surface area contributed by atoms with E-state index in [-0.39, 0.29) is 95.1 Å². The smallest absolute Gasteiger partial charge is 0.302 e. The highest BCUT2D eigenvalue weighted by Crippen LogP contribution is 2.67. The molecule has 6 aromatic rings. The monoisotopic (exact) mass is 1310 g/mol. The fourth-order valence-electron chi connectivity index (χ4n) is 19.8. The number of phenols is 3. The van der Waals surface area contributed by atoms with Gasteiger partial charge in [0.1, 0.15) is 40.7 Å². The molecule has 15 heteroatoms. The number of carbonyl (C=O) groups excluding carboxylic acids is 3. The molecule has 3 spiro atoms. The molecule has 6 bridgehead atoms. The Labute approximate surface area is 568 Å². The lowest BCUT2D eigenvalue weighted by Crippen LogP contribution is -2.41. The van der Waals surface area contributed by atoms with Crippen LogP contribution in [0.1, 0.15) is 192 Å². The van der Waals surface area contributed by atoms with Crippen LogP contribution in [0.3, 0.4) is 0 Å². The van der Waals surface area contributed by atoms with Crippen molar-refractivity contribution in [2.75, 3.05) is 31.7 Å². The van der Waals surface area contributed by atoms with Crippen molar-refractivity contribution in [1.82, 2.24) is 14.9 Å². The Morgan fingerprint density at radius 1 is 0.876 bits per heavy atom. The van der Waals surface area contributed by atoms with E-state index in [1.54, 1.807) is 24.3 Å². The zero-order valence-corrected chi connectivity index (χ0v) is 55.7. The van der Waals surface area contributed by atoms with E-state index < -0.39 is 46.9 Å². The predicted molar refractivity (Wildman–Crippen MR) is 373 cm³/mol. The third-order valence-electron chi connectivity index (χ3n) is 24.1. The lowest BCUT2D eigenvalue weighted by molar-refractivity contribution is -0.148. The number of aromatic nitrogens is 2. The van der Waals surface area contributed by atoms with Crippen LogP contribution in [0.4, 0.5) is 5.69 Å². The van der Waals surface area contributed by atoms with Gasteiger partial charge in [-0.15, -0.1) is 0 Å². The van der Waals surface area contributed by atoms with E-state index in [0.717, 1.165) is 139 Å². The molecule has 3 saturated carbocycles. The van der Waals surface area contributed by atoms with Crippen molar-refractivity contribution in [3.05, 3.63) is 184 Å². The first-order valence-electron chi connectivity index (χ1n) is 35.6. The highest BCUT2D eigenvalue weighted by molar-refractivity contribution is 6.01. The summed E-state index contributed by atoms with van der Waals surface area (Å²) in [6, 6.07) is 20.7. The van der Waals surface area contributed by atoms with Gasteiger partial charge < -0.3 is 59.5 Å². The van der Waals surface area contributed by atoms with Crippen LogP contribution in [-0.4, -0.2) is 85.5 Å². The number of esters is 1. The Morgan fingerprint density at radius 2 is 1.71 bits per heavy atom. The first-order chi connectivity index (χ1) is 47.1. The number of phenolic OH excluding ortho intramolecular Hbond substituents is 3. The zero-order chi connectivity index (χ0) is 66.7. The van der Waals surface area contributed by atoms with Gasteiger partial charge in [-0.2, -0.15) is 0 Å². The molecule has 15 rings (SSSR count). The summed E-state index contributed by atoms with van der Waals surface area (Å²) in [5.41, 5.74) is 7.27. The molecule has 3 fully saturated rings. The standard InChI is InChI=1S/C82H90N4O11/c1-50(88)96-62-27-31-82-56-15-6-16-57(82)18-8-23-68(82)66-47-83-46-65(66)63(22-7-17-56)76(53-14-5-19-58(89)37-53)54-28-34-84-75(40-54)85(35-29-72(92)52-12-3-4-13-52)69-25-24-64-77-67(69)48-86(71(77)45-81(79(64)94)33-32-80(49-81)30-26-51(44-80)11-10-36-87)70(43-60(91)42-62)55-38-73(93)78(74(39-55)95-2)97-61-21-9-20-59(90)41-61/h5-6,8-9,14-16,19-21,23-25,28,37-41,46-48,51-52,57,62-63,68,70,76,79,83-84,87,89-90,93-94H,3-4,10-13,17-18,26-27,29-36,42-45,49H2,1-2H3/t51-,57+,62+,63+,68+,70-,76-,79+,80+,81-,82+/m0/s1. The number of nitrogens with zero attached hydrogens (tertiary/aromatic N) is 2. The van der Waals surface area contributed by atoms with Crippen molar-refractivity contribution >= 4 is 34.0 Å². The van der Waals surface area contributed by atoms with Crippen molar-refractivity contribution in [2.45, 2.75) is 171 Å². The summed E-state index contributed by atoms with van der Waals surface area (Å²) in [4.78, 5) is 50.0. The number of H-pyrrole nitrogens is 1. The number of methoxy groups -OCH3 is 1. The fraction of sp³-hybridized carbons (Fsp3) is 0.451. The lowest BCUT2D eigenvalue weighted by atomic mass is 9.53. The Balaban J connectivity index is 0.959. The maximum atomic E-state index is 16.0. The second-order valence-electron chi connectivity index (χ2n) is 29.7. The molecule has 0 saturated heterocycles. The largest absolute Gasteiger partial charge is 0.508 e. The maximum absolute atomic E-state index is 16.0. The number of anilines is 1. The number of allylic oxidation sites excluding steroid dienone is 8. The third kappa shape index (κ3) is 11.9. The molecule has 0 unspecified atom stereocenters. The van der Waals surface area contributed by atoms with E-state index in [9.17, 15) is 35.1 Å². The van der Waals surface area contributed by atoms with E-state index in [4.69, 9.17) is 14.2 Å². The molecule has 4 aromatic carbocycles. The Hall–Kier alpha value is -8.71. The highest BCUT2D eigenvalue weighted by Gasteiger charge is 2.57. The molecule has 4 heterocycles. The lowest BCUT2D eigenvalue weighted by Gasteiger charge is -2.50. The Bertz CT molecular complexity index is 4300. The third-order valence-corrected chi connectivity index (χ3v) is 24.1. The fourth-order valence-corrected chi connectivity index (χ4v) is 19.8. The minimum absolute atomic E-state index is 0.0200. The van der Waals surface area contributed by atoms with E-state index in [1.807, 2.05) is 18.2 Å². The minimum atomic E-state index is -0.835. The van der Waals surface area contributed by atoms with Crippen LogP contribution in [0.15, 0.2) is 151 Å². The maximum Gasteiger partial charge on any atom is 0.302 e. The molecule has 7 aliphatic carbocycles. The molecule has 11 atom stereocenters. The number of benzene rings is 4. The molecule has 15 nitrogen and oxygen atoms in total. The van der Waals surface area contributed by atoms with E-state index in [0.29, 0.717) is 50.3 Å². The quantitative estimate of drug-likeness (QED) is 0.0326. The Kier molecular flexibility index (Phi) is 17.4. The number of aromatic amines is 1. The van der Waals surface area contributed by atoms with Crippen LogP contribution in [0, 0.1) is 45.8 Å². The number of hydrogen-bond acceptors (Lipinski definition) is 13. The van der Waals surface area contributed by atoms with Gasteiger partial charge in [0, 0.05) is 122 Å². The summed E-state index contributed by atoms with van der Waals surface area (Å²) < 4.78 is 21.0. The first-order valence-corrected chi connectivity index (χ1v) is 35.6. The van der Waals surface area contributed by atoms with E-state index >= 15 is 4.79 Å². The number of aromatic hydroxyl groups is 3. The second-order valence-corrected chi connectivity index (χ2v) is 29.7. The predicted octanol–water partition coefficient (Wildman–Crippen LogP) is 15.3. The highest BCUT2D eigenvalue weighted by atomic mass is 16.5. The second kappa shape index (κ2) is 26.3. The van der Waals surface area contributed by atoms with Gasteiger partial charge in [0.05, 0.1) is 30.9 Å². The van der Waals surface area contributed by atoms with Crippen LogP contribution < -0.4 is 19.7 Å². The summed E-state index contributed by atoms with van der Waals surface area (Å²) >= 11 is 0. The van der Waals surface area contributed by atoms with Crippen LogP contribution in [0.25, 0.3) is 10.8 Å². The van der Waals surface area contributed by atoms with Gasteiger partial charge in [-0.05, 0) is 189 Å². The van der Waals surface area contributed by atoms with Gasteiger partial charge in [-0.1, -0.05) is 91.0 Å². The molecule has 97 heavy (non-hydrogen) atoms. The van der Waals surface area contributed by atoms with Gasteiger partial charge >= 0.3 is 5.97 Å². The molecular formula is C82H90N4O11. The zero-order valence-electron chi connectivity index (χ0n) is 55.7. The molecular weight excluding hydrogens is 1220 g/mol. The van der Waals surface area contributed by atoms with Crippen molar-refractivity contribution in [2.24, 2.45) is 34.0 Å². The topological polar surface area (TPSA) is 216 Å². The van der Waals surface area contributed by atoms with Crippen LogP contribution in [-0.2, 0) is 25.5 Å². The average molecular weight is 1310 g/mol. The van der Waals surface area contributed by atoms with Crippen LogP contribution in [0.5, 0.6) is 34.5 Å². The summed E-state index contributed by atoms with van der Waals surface area (Å²) in [6.07, 6.45) is 34.6. The molecule has 9 aliphatic rings. The van der Waals surface area contributed by atoms with Gasteiger partial charge in [-0.25, -0.2) is 0 Å². The normalized spacial score (nSPS) is 29.0. The van der Waals surface area contributed by atoms with Gasteiger partial charge in [0.2, 0.25) is 5.75 Å². The number of rotatable bonds is 13.